The standard InChI is InChI=1S/C11H7N3O2/c12-8-9-1-2-10-3-4-13(11(10)7-9)5-6-14(15)16/h1-7H. The molecule has 0 unspecified atom stereocenters. The lowest BCUT2D eigenvalue weighted by molar-refractivity contribution is -0.401. The molecule has 0 fully saturated rings. The largest absolute Gasteiger partial charge is 0.317 e. The third kappa shape index (κ3) is 1.77. The second-order valence-electron chi connectivity index (χ2n) is 3.19. The molecule has 1 heterocycles. The van der Waals surface area contributed by atoms with Crippen molar-refractivity contribution in [1.82, 2.24) is 4.57 Å². The normalized spacial score (nSPS) is 10.7. The summed E-state index contributed by atoms with van der Waals surface area (Å²) in [5.41, 5.74) is 1.30. The molecule has 0 N–H and O–H groups in total. The Balaban J connectivity index is 2.55. The van der Waals surface area contributed by atoms with Crippen molar-refractivity contribution >= 4 is 17.1 Å². The van der Waals surface area contributed by atoms with E-state index < -0.39 is 4.92 Å². The number of rotatable bonds is 2. The maximum atomic E-state index is 10.2. The average molecular weight is 213 g/mol. The first-order valence-corrected chi connectivity index (χ1v) is 4.53. The van der Waals surface area contributed by atoms with Crippen LogP contribution in [0.25, 0.3) is 17.1 Å². The van der Waals surface area contributed by atoms with Gasteiger partial charge in [0.25, 0.3) is 6.20 Å². The van der Waals surface area contributed by atoms with Crippen LogP contribution in [0.2, 0.25) is 0 Å². The number of benzene rings is 1. The van der Waals surface area contributed by atoms with Crippen LogP contribution >= 0.6 is 0 Å². The van der Waals surface area contributed by atoms with E-state index in [0.29, 0.717) is 5.56 Å². The summed E-state index contributed by atoms with van der Waals surface area (Å²) < 4.78 is 1.61. The highest BCUT2D eigenvalue weighted by molar-refractivity contribution is 5.83. The molecule has 0 saturated carbocycles. The molecule has 0 aliphatic carbocycles. The lowest BCUT2D eigenvalue weighted by Crippen LogP contribution is -1.88. The van der Waals surface area contributed by atoms with Crippen LogP contribution in [0.15, 0.2) is 36.7 Å². The molecule has 5 nitrogen and oxygen atoms in total. The molecule has 0 amide bonds. The van der Waals surface area contributed by atoms with Crippen LogP contribution in [0.4, 0.5) is 0 Å². The van der Waals surface area contributed by atoms with Gasteiger partial charge in [0.2, 0.25) is 0 Å². The Bertz CT molecular complexity index is 620. The van der Waals surface area contributed by atoms with Crippen LogP contribution in [0, 0.1) is 21.4 Å². The van der Waals surface area contributed by atoms with Gasteiger partial charge in [0.15, 0.2) is 0 Å². The van der Waals surface area contributed by atoms with Crippen LogP contribution in [-0.4, -0.2) is 9.49 Å². The molecule has 0 spiro atoms. The van der Waals surface area contributed by atoms with E-state index in [9.17, 15) is 10.1 Å². The van der Waals surface area contributed by atoms with Gasteiger partial charge in [-0.3, -0.25) is 10.1 Å². The van der Waals surface area contributed by atoms with Crippen LogP contribution < -0.4 is 0 Å². The summed E-state index contributed by atoms with van der Waals surface area (Å²) in [6.07, 6.45) is 3.92. The van der Waals surface area contributed by atoms with E-state index in [1.165, 1.54) is 6.20 Å². The van der Waals surface area contributed by atoms with Gasteiger partial charge < -0.3 is 4.57 Å². The number of nitro groups is 1. The highest BCUT2D eigenvalue weighted by atomic mass is 16.6. The second kappa shape index (κ2) is 3.87. The quantitative estimate of drug-likeness (QED) is 0.567. The number of nitriles is 1. The van der Waals surface area contributed by atoms with E-state index in [1.807, 2.05) is 18.2 Å². The van der Waals surface area contributed by atoms with Crippen LogP contribution in [-0.2, 0) is 0 Å². The topological polar surface area (TPSA) is 71.9 Å². The van der Waals surface area contributed by atoms with Gasteiger partial charge in [0.1, 0.15) is 0 Å². The molecule has 5 heteroatoms. The molecule has 1 aromatic carbocycles. The van der Waals surface area contributed by atoms with Crippen molar-refractivity contribution in [2.75, 3.05) is 0 Å². The minimum Gasteiger partial charge on any atom is -0.317 e. The Kier molecular flexibility index (Phi) is 2.40. The Hall–Kier alpha value is -2.61. The van der Waals surface area contributed by atoms with E-state index in [-0.39, 0.29) is 0 Å². The Morgan fingerprint density at radius 1 is 1.44 bits per heavy atom. The monoisotopic (exact) mass is 213 g/mol. The van der Waals surface area contributed by atoms with Crippen molar-refractivity contribution in [3.8, 4) is 6.07 Å². The molecule has 78 valence electrons. The molecular formula is C11H7N3O2. The summed E-state index contributed by atoms with van der Waals surface area (Å²) in [4.78, 5) is 9.68. The van der Waals surface area contributed by atoms with Gasteiger partial charge in [0.05, 0.1) is 28.3 Å². The summed E-state index contributed by atoms with van der Waals surface area (Å²) in [5, 5.41) is 19.9. The zero-order chi connectivity index (χ0) is 11.5. The first kappa shape index (κ1) is 9.93. The smallest absolute Gasteiger partial charge is 0.250 e. The van der Waals surface area contributed by atoms with Crippen LogP contribution in [0.1, 0.15) is 5.56 Å². The second-order valence-corrected chi connectivity index (χ2v) is 3.19. The van der Waals surface area contributed by atoms with Crippen molar-refractivity contribution in [1.29, 1.82) is 5.26 Å². The Morgan fingerprint density at radius 3 is 2.94 bits per heavy atom. The summed E-state index contributed by atoms with van der Waals surface area (Å²) >= 11 is 0. The lowest BCUT2D eigenvalue weighted by Gasteiger charge is -1.96. The third-order valence-corrected chi connectivity index (χ3v) is 2.20. The number of fused-ring (bicyclic) bond motifs is 1. The molecule has 2 rings (SSSR count). The molecule has 0 atom stereocenters. The van der Waals surface area contributed by atoms with E-state index in [2.05, 4.69) is 0 Å². The number of nitrogens with zero attached hydrogens (tertiary/aromatic N) is 3. The van der Waals surface area contributed by atoms with Crippen molar-refractivity contribution in [2.24, 2.45) is 0 Å². The molecule has 2 aromatic rings. The van der Waals surface area contributed by atoms with Crippen LogP contribution in [0.3, 0.4) is 0 Å². The molecule has 1 aromatic heterocycles. The molecule has 0 bridgehead atoms. The van der Waals surface area contributed by atoms with Gasteiger partial charge in [-0.1, -0.05) is 6.07 Å². The van der Waals surface area contributed by atoms with Crippen molar-refractivity contribution in [3.05, 3.63) is 52.3 Å². The summed E-state index contributed by atoms with van der Waals surface area (Å²) in [6, 6.07) is 9.08. The minimum absolute atomic E-state index is 0.528. The van der Waals surface area contributed by atoms with Gasteiger partial charge in [-0.2, -0.15) is 5.26 Å². The van der Waals surface area contributed by atoms with Crippen molar-refractivity contribution in [3.63, 3.8) is 0 Å². The van der Waals surface area contributed by atoms with E-state index in [1.54, 1.807) is 22.9 Å². The first-order chi connectivity index (χ1) is 7.70. The lowest BCUT2D eigenvalue weighted by atomic mass is 10.2. The van der Waals surface area contributed by atoms with Gasteiger partial charge >= 0.3 is 0 Å². The Labute approximate surface area is 91.0 Å². The van der Waals surface area contributed by atoms with Crippen molar-refractivity contribution in [2.45, 2.75) is 0 Å². The highest BCUT2D eigenvalue weighted by Gasteiger charge is 2.00. The molecule has 16 heavy (non-hydrogen) atoms. The fourth-order valence-electron chi connectivity index (χ4n) is 1.47. The molecule has 0 aliphatic heterocycles. The van der Waals surface area contributed by atoms with E-state index >= 15 is 0 Å². The minimum atomic E-state index is -0.528. The number of hydrogen-bond acceptors (Lipinski definition) is 3. The first-order valence-electron chi connectivity index (χ1n) is 4.53. The molecular weight excluding hydrogens is 206 g/mol. The highest BCUT2D eigenvalue weighted by Crippen LogP contribution is 2.17. The molecule has 0 saturated heterocycles. The van der Waals surface area contributed by atoms with Gasteiger partial charge in [-0.05, 0) is 18.2 Å². The van der Waals surface area contributed by atoms with Gasteiger partial charge in [-0.25, -0.2) is 0 Å². The maximum Gasteiger partial charge on any atom is 0.250 e. The fraction of sp³-hybridized carbons (Fsp3) is 0. The van der Waals surface area contributed by atoms with E-state index in [0.717, 1.165) is 17.1 Å². The fourth-order valence-corrected chi connectivity index (χ4v) is 1.47. The van der Waals surface area contributed by atoms with Crippen LogP contribution in [0.5, 0.6) is 0 Å². The average Bonchev–Trinajstić information content (AvgIpc) is 2.68. The summed E-state index contributed by atoms with van der Waals surface area (Å²) in [6.45, 7) is 0. The molecule has 0 radical (unpaired) electrons. The zero-order valence-corrected chi connectivity index (χ0v) is 8.20. The van der Waals surface area contributed by atoms with E-state index in [4.69, 9.17) is 5.26 Å². The zero-order valence-electron chi connectivity index (χ0n) is 8.20. The predicted molar refractivity (Wildman–Crippen MR) is 59.0 cm³/mol. The third-order valence-electron chi connectivity index (χ3n) is 2.20. The predicted octanol–water partition coefficient (Wildman–Crippen LogP) is 2.22. The molecule has 0 aliphatic rings. The van der Waals surface area contributed by atoms with Gasteiger partial charge in [-0.15, -0.1) is 0 Å². The Morgan fingerprint density at radius 2 is 2.25 bits per heavy atom. The summed E-state index contributed by atoms with van der Waals surface area (Å²) in [7, 11) is 0. The van der Waals surface area contributed by atoms with Crippen molar-refractivity contribution < 1.29 is 4.92 Å². The maximum absolute atomic E-state index is 10.2. The summed E-state index contributed by atoms with van der Waals surface area (Å²) in [5.74, 6) is 0. The number of aromatic nitrogens is 1. The number of hydrogen-bond donors (Lipinski definition) is 0. The SMILES string of the molecule is N#Cc1ccc2ccn(C=C[N+](=O)[O-])c2c1. The van der Waals surface area contributed by atoms with Gasteiger partial charge in [0, 0.05) is 11.6 Å².